The highest BCUT2D eigenvalue weighted by Crippen LogP contribution is 2.38. The number of aromatic amines is 1. The molecule has 1 fully saturated rings. The number of hydrogen-bond acceptors (Lipinski definition) is 5. The van der Waals surface area contributed by atoms with Crippen molar-refractivity contribution in [3.8, 4) is 0 Å². The van der Waals surface area contributed by atoms with Gasteiger partial charge in [-0.3, -0.25) is 14.3 Å². The van der Waals surface area contributed by atoms with Crippen LogP contribution in [0.4, 0.5) is 4.39 Å². The molecule has 27 heavy (non-hydrogen) atoms. The molecule has 2 N–H and O–H groups in total. The maximum atomic E-state index is 14.7. The van der Waals surface area contributed by atoms with Gasteiger partial charge in [-0.2, -0.15) is 0 Å². The van der Waals surface area contributed by atoms with Gasteiger partial charge in [0.25, 0.3) is 5.56 Å². The fourth-order valence-electron chi connectivity index (χ4n) is 2.45. The molecule has 1 saturated heterocycles. The van der Waals surface area contributed by atoms with Crippen LogP contribution >= 0.6 is 22.6 Å². The van der Waals surface area contributed by atoms with Crippen LogP contribution in [0.2, 0.25) is 18.1 Å². The van der Waals surface area contributed by atoms with Gasteiger partial charge in [0, 0.05) is 6.20 Å². The maximum Gasteiger partial charge on any atom is 0.330 e. The van der Waals surface area contributed by atoms with E-state index in [0.717, 1.165) is 4.57 Å². The van der Waals surface area contributed by atoms with Crippen LogP contribution in [0.25, 0.3) is 6.08 Å². The van der Waals surface area contributed by atoms with E-state index in [-0.39, 0.29) is 17.2 Å². The quantitative estimate of drug-likeness (QED) is 0.468. The lowest BCUT2D eigenvalue weighted by Crippen LogP contribution is -2.44. The summed E-state index contributed by atoms with van der Waals surface area (Å²) in [5, 5.41) is 10.2. The molecule has 1 aromatic heterocycles. The molecule has 0 amide bonds. The topological polar surface area (TPSA) is 93.5 Å². The Morgan fingerprint density at radius 1 is 1.44 bits per heavy atom. The third kappa shape index (κ3) is 4.78. The molecule has 1 aliphatic rings. The van der Waals surface area contributed by atoms with E-state index in [9.17, 15) is 19.1 Å². The molecule has 0 saturated carbocycles. The van der Waals surface area contributed by atoms with Gasteiger partial charge in [0.1, 0.15) is 12.2 Å². The Labute approximate surface area is 171 Å². The van der Waals surface area contributed by atoms with Crippen LogP contribution in [-0.4, -0.2) is 48.0 Å². The van der Waals surface area contributed by atoms with Gasteiger partial charge in [-0.15, -0.1) is 0 Å². The van der Waals surface area contributed by atoms with Gasteiger partial charge >= 0.3 is 5.69 Å². The van der Waals surface area contributed by atoms with Crippen LogP contribution in [-0.2, 0) is 9.16 Å². The average molecular weight is 512 g/mol. The molecule has 1 aromatic rings. The first-order valence-corrected chi connectivity index (χ1v) is 12.8. The van der Waals surface area contributed by atoms with Crippen LogP contribution in [0.15, 0.2) is 19.9 Å². The molecule has 7 nitrogen and oxygen atoms in total. The van der Waals surface area contributed by atoms with Crippen molar-refractivity contribution < 1.29 is 18.7 Å². The molecular weight excluding hydrogens is 486 g/mol. The Kier molecular flexibility index (Phi) is 6.88. The maximum absolute atomic E-state index is 14.7. The van der Waals surface area contributed by atoms with Gasteiger partial charge in [0.2, 0.25) is 0 Å². The zero-order valence-corrected chi connectivity index (χ0v) is 19.2. The van der Waals surface area contributed by atoms with E-state index >= 15 is 0 Å². The van der Waals surface area contributed by atoms with Crippen molar-refractivity contribution in [1.29, 1.82) is 0 Å². The van der Waals surface area contributed by atoms with Crippen LogP contribution in [0, 0.1) is 0 Å². The summed E-state index contributed by atoms with van der Waals surface area (Å²) in [5.74, 6) is 0. The van der Waals surface area contributed by atoms with Gasteiger partial charge in [-0.05, 0) is 28.3 Å². The molecular formula is C17H26FIN2O5Si. The van der Waals surface area contributed by atoms with Gasteiger partial charge in [0.15, 0.2) is 20.7 Å². The summed E-state index contributed by atoms with van der Waals surface area (Å²) in [6.07, 6.45) is -2.76. The SMILES string of the molecule is CC(C)(C)[Si](C)(C)OC[C@H]1O[C@@H](n2cc(/C=C/I)c(=O)[nH]c2=O)[C@H](F)[C@@H]1O. The van der Waals surface area contributed by atoms with Crippen molar-refractivity contribution in [1.82, 2.24) is 9.55 Å². The summed E-state index contributed by atoms with van der Waals surface area (Å²) < 4.78 is 28.9. The zero-order valence-electron chi connectivity index (χ0n) is 16.0. The summed E-state index contributed by atoms with van der Waals surface area (Å²) in [6.45, 7) is 10.4. The predicted molar refractivity (Wildman–Crippen MR) is 112 cm³/mol. The molecule has 0 unspecified atom stereocenters. The number of hydrogen-bond donors (Lipinski definition) is 2. The molecule has 2 rings (SSSR count). The van der Waals surface area contributed by atoms with E-state index in [2.05, 4.69) is 25.8 Å². The second-order valence-corrected chi connectivity index (χ2v) is 13.6. The van der Waals surface area contributed by atoms with E-state index in [4.69, 9.17) is 9.16 Å². The molecule has 1 aliphatic heterocycles. The highest BCUT2D eigenvalue weighted by atomic mass is 127. The lowest BCUT2D eigenvalue weighted by Gasteiger charge is -2.37. The molecule has 0 aliphatic carbocycles. The van der Waals surface area contributed by atoms with E-state index in [1.165, 1.54) is 12.3 Å². The smallest absolute Gasteiger partial charge is 0.330 e. The average Bonchev–Trinajstić information content (AvgIpc) is 2.83. The van der Waals surface area contributed by atoms with Crippen LogP contribution in [0.5, 0.6) is 0 Å². The highest BCUT2D eigenvalue weighted by molar-refractivity contribution is 14.1. The standard InChI is InChI=1S/C17H26FIN2O5Si/c1-17(2,3)27(4,5)25-9-11-13(22)12(18)15(26-11)21-8-10(6-7-19)14(23)20-16(21)24/h6-8,11-13,15,22H,9H2,1-5H3,(H,20,23,24)/b7-6+/t11-,12-,13-,15-/m1/s1. The van der Waals surface area contributed by atoms with Crippen LogP contribution in [0.1, 0.15) is 32.6 Å². The van der Waals surface area contributed by atoms with Crippen molar-refractivity contribution >= 4 is 37.0 Å². The van der Waals surface area contributed by atoms with Gasteiger partial charge in [0.05, 0.1) is 12.2 Å². The van der Waals surface area contributed by atoms with Crippen molar-refractivity contribution in [3.05, 3.63) is 36.7 Å². The largest absolute Gasteiger partial charge is 0.414 e. The van der Waals surface area contributed by atoms with Gasteiger partial charge < -0.3 is 14.3 Å². The number of halogens is 2. The Hall–Kier alpha value is -0.823. The molecule has 4 atom stereocenters. The fraction of sp³-hybridized carbons (Fsp3) is 0.647. The summed E-state index contributed by atoms with van der Waals surface area (Å²) in [7, 11) is -2.10. The summed E-state index contributed by atoms with van der Waals surface area (Å²) >= 11 is 1.93. The van der Waals surface area contributed by atoms with Crippen LogP contribution < -0.4 is 11.2 Å². The number of H-pyrrole nitrogens is 1. The number of nitrogens with one attached hydrogen (secondary N) is 1. The molecule has 0 radical (unpaired) electrons. The third-order valence-electron chi connectivity index (χ3n) is 5.22. The Bertz CT molecular complexity index is 817. The number of aromatic nitrogens is 2. The van der Waals surface area contributed by atoms with E-state index < -0.39 is 44.2 Å². The molecule has 0 bridgehead atoms. The molecule has 0 spiro atoms. The minimum Gasteiger partial charge on any atom is -0.414 e. The first kappa shape index (κ1) is 22.5. The fourth-order valence-corrected chi connectivity index (χ4v) is 3.85. The van der Waals surface area contributed by atoms with Crippen molar-refractivity contribution in [3.63, 3.8) is 0 Å². The number of aliphatic hydroxyl groups is 1. The lowest BCUT2D eigenvalue weighted by atomic mass is 10.1. The number of ether oxygens (including phenoxy) is 1. The second-order valence-electron chi connectivity index (χ2n) is 8.12. The van der Waals surface area contributed by atoms with E-state index in [0.29, 0.717) is 0 Å². The first-order valence-electron chi connectivity index (χ1n) is 8.63. The molecule has 152 valence electrons. The highest BCUT2D eigenvalue weighted by Gasteiger charge is 2.47. The van der Waals surface area contributed by atoms with E-state index in [1.54, 1.807) is 4.08 Å². The van der Waals surface area contributed by atoms with E-state index in [1.807, 2.05) is 35.7 Å². The summed E-state index contributed by atoms with van der Waals surface area (Å²) in [5.41, 5.74) is -1.18. The Balaban J connectivity index is 2.24. The van der Waals surface area contributed by atoms with Gasteiger partial charge in [-0.25, -0.2) is 9.18 Å². The Morgan fingerprint density at radius 3 is 2.63 bits per heavy atom. The summed E-state index contributed by atoms with van der Waals surface area (Å²) in [6, 6.07) is 0. The normalized spacial score (nSPS) is 26.8. The van der Waals surface area contributed by atoms with Crippen molar-refractivity contribution in [2.45, 2.75) is 63.5 Å². The van der Waals surface area contributed by atoms with Crippen LogP contribution in [0.3, 0.4) is 0 Å². The minimum absolute atomic E-state index is 0.0349. The zero-order chi connectivity index (χ0) is 20.6. The predicted octanol–water partition coefficient (Wildman–Crippen LogP) is 2.56. The number of nitrogens with zero attached hydrogens (tertiary/aromatic N) is 1. The third-order valence-corrected chi connectivity index (χ3v) is 10.1. The second kappa shape index (κ2) is 8.27. The van der Waals surface area contributed by atoms with Gasteiger partial charge in [-0.1, -0.05) is 43.4 Å². The molecule has 0 aromatic carbocycles. The monoisotopic (exact) mass is 512 g/mol. The number of aliphatic hydroxyl groups excluding tert-OH is 1. The number of alkyl halides is 1. The molecule has 10 heteroatoms. The van der Waals surface area contributed by atoms with Crippen molar-refractivity contribution in [2.75, 3.05) is 6.61 Å². The van der Waals surface area contributed by atoms with Crippen molar-refractivity contribution in [2.24, 2.45) is 0 Å². The molecule has 2 heterocycles. The number of rotatable bonds is 5. The lowest BCUT2D eigenvalue weighted by molar-refractivity contribution is -0.0467. The minimum atomic E-state index is -2.10. The first-order chi connectivity index (χ1) is 12.4. The Morgan fingerprint density at radius 2 is 2.07 bits per heavy atom. The summed E-state index contributed by atoms with van der Waals surface area (Å²) in [4.78, 5) is 26.1.